The molecular weight excluding hydrogens is 499 g/mol. The van der Waals surface area contributed by atoms with Gasteiger partial charge in [-0.3, -0.25) is 4.79 Å². The quantitative estimate of drug-likeness (QED) is 0.373. The minimum atomic E-state index is -1.45. The summed E-state index contributed by atoms with van der Waals surface area (Å²) in [6, 6.07) is 10.3. The minimum Gasteiger partial charge on any atom is -0.454 e. The number of aromatic nitrogens is 3. The lowest BCUT2D eigenvalue weighted by molar-refractivity contribution is -0.205. The first-order valence-corrected chi connectivity index (χ1v) is 12.3. The number of anilines is 1. The van der Waals surface area contributed by atoms with E-state index in [2.05, 4.69) is 10.3 Å². The van der Waals surface area contributed by atoms with Crippen LogP contribution in [0.25, 0.3) is 11.3 Å². The Hall–Kier alpha value is -3.58. The molecule has 2 aromatic carbocycles. The van der Waals surface area contributed by atoms with Gasteiger partial charge in [0.25, 0.3) is 0 Å². The Labute approximate surface area is 218 Å². The van der Waals surface area contributed by atoms with Crippen LogP contribution in [0.15, 0.2) is 48.7 Å². The first-order valence-electron chi connectivity index (χ1n) is 12.3. The van der Waals surface area contributed by atoms with E-state index in [-0.39, 0.29) is 19.0 Å². The zero-order valence-corrected chi connectivity index (χ0v) is 20.7. The van der Waals surface area contributed by atoms with Gasteiger partial charge in [0.05, 0.1) is 12.8 Å². The zero-order valence-electron chi connectivity index (χ0n) is 20.7. The number of nitrogens with zero attached hydrogens (tertiary/aromatic N) is 4. The second-order valence-corrected chi connectivity index (χ2v) is 9.37. The first-order chi connectivity index (χ1) is 18.4. The van der Waals surface area contributed by atoms with Gasteiger partial charge in [-0.1, -0.05) is 17.3 Å². The van der Waals surface area contributed by atoms with E-state index in [1.807, 2.05) is 30.1 Å². The molecule has 11 nitrogen and oxygen atoms in total. The molecule has 1 fully saturated rings. The highest BCUT2D eigenvalue weighted by atomic mass is 19.1. The van der Waals surface area contributed by atoms with E-state index in [1.165, 1.54) is 29.1 Å². The molecule has 202 valence electrons. The summed E-state index contributed by atoms with van der Waals surface area (Å²) in [5.74, 6) is 0.541. The van der Waals surface area contributed by atoms with Crippen molar-refractivity contribution in [3.05, 3.63) is 54.5 Å². The monoisotopic (exact) mass is 528 g/mol. The number of benzene rings is 2. The Morgan fingerprint density at radius 1 is 1.16 bits per heavy atom. The van der Waals surface area contributed by atoms with Crippen molar-refractivity contribution < 1.29 is 38.7 Å². The fourth-order valence-corrected chi connectivity index (χ4v) is 4.77. The van der Waals surface area contributed by atoms with Gasteiger partial charge < -0.3 is 34.4 Å². The molecule has 3 N–H and O–H groups in total. The number of carbonyl (C=O) groups excluding carboxylic acids is 1. The number of halogens is 1. The van der Waals surface area contributed by atoms with Crippen LogP contribution >= 0.6 is 0 Å². The van der Waals surface area contributed by atoms with E-state index < -0.39 is 42.9 Å². The maximum Gasteiger partial charge on any atom is 0.231 e. The van der Waals surface area contributed by atoms with Gasteiger partial charge in [-0.2, -0.15) is 0 Å². The van der Waals surface area contributed by atoms with Crippen LogP contribution < -0.4 is 14.4 Å². The first kappa shape index (κ1) is 26.0. The van der Waals surface area contributed by atoms with E-state index in [0.717, 1.165) is 5.69 Å². The molecule has 5 rings (SSSR count). The molecule has 12 heteroatoms. The lowest BCUT2D eigenvalue weighted by Crippen LogP contribution is -2.58. The Morgan fingerprint density at radius 2 is 1.97 bits per heavy atom. The molecule has 0 unspecified atom stereocenters. The van der Waals surface area contributed by atoms with Crippen molar-refractivity contribution in [1.82, 2.24) is 15.0 Å². The van der Waals surface area contributed by atoms with E-state index in [4.69, 9.17) is 14.2 Å². The maximum atomic E-state index is 13.6. The molecule has 38 heavy (non-hydrogen) atoms. The number of ketones is 1. The number of carbonyl (C=O) groups is 1. The molecule has 0 aliphatic carbocycles. The molecule has 1 aromatic heterocycles. The lowest BCUT2D eigenvalue weighted by atomic mass is 9.89. The highest BCUT2D eigenvalue weighted by molar-refractivity contribution is 5.84. The van der Waals surface area contributed by atoms with Crippen LogP contribution in [0.1, 0.15) is 18.9 Å². The van der Waals surface area contributed by atoms with E-state index in [0.29, 0.717) is 35.7 Å². The third kappa shape index (κ3) is 5.20. The topological polar surface area (TPSA) is 139 Å². The van der Waals surface area contributed by atoms with Crippen LogP contribution in [-0.4, -0.2) is 87.5 Å². The summed E-state index contributed by atoms with van der Waals surface area (Å²) in [4.78, 5) is 15.1. The maximum absolute atomic E-state index is 13.6. The van der Waals surface area contributed by atoms with Crippen molar-refractivity contribution in [2.45, 2.75) is 43.3 Å². The second-order valence-electron chi connectivity index (χ2n) is 9.37. The van der Waals surface area contributed by atoms with Gasteiger partial charge in [0.15, 0.2) is 17.3 Å². The predicted octanol–water partition coefficient (Wildman–Crippen LogP) is 1.32. The number of ether oxygens (including phenoxy) is 3. The summed E-state index contributed by atoms with van der Waals surface area (Å²) >= 11 is 0. The standard InChI is InChI=1S/C26H29FN4O7/c1-30(17-7-8-20-21(11-17)37-14-36-20)9-3-6-19(33)26-25(35)23(24(34)22(13-32)38-26)31-12-18(28-29-31)15-4-2-5-16(27)10-15/h2,4-5,7-8,10-12,22-26,32,34-35H,3,6,9,13-14H2,1H3/t22-,23+,24+,25-,26+/m1/s1. The number of Topliss-reactive ketones (excluding diaryl/α,β-unsaturated/α-hetero) is 1. The van der Waals surface area contributed by atoms with Crippen LogP contribution in [0.4, 0.5) is 10.1 Å². The second kappa shape index (κ2) is 11.0. The number of aliphatic hydroxyl groups excluding tert-OH is 3. The number of hydrogen-bond acceptors (Lipinski definition) is 10. The van der Waals surface area contributed by atoms with Gasteiger partial charge >= 0.3 is 0 Å². The average Bonchev–Trinajstić information content (AvgIpc) is 3.58. The van der Waals surface area contributed by atoms with Gasteiger partial charge in [-0.05, 0) is 30.7 Å². The van der Waals surface area contributed by atoms with Crippen molar-refractivity contribution in [2.75, 3.05) is 31.9 Å². The van der Waals surface area contributed by atoms with Gasteiger partial charge in [-0.15, -0.1) is 5.10 Å². The lowest BCUT2D eigenvalue weighted by Gasteiger charge is -2.41. The average molecular weight is 529 g/mol. The van der Waals surface area contributed by atoms with Crippen LogP contribution in [0, 0.1) is 5.82 Å². The molecule has 0 spiro atoms. The van der Waals surface area contributed by atoms with Crippen LogP contribution in [-0.2, 0) is 9.53 Å². The van der Waals surface area contributed by atoms with E-state index in [1.54, 1.807) is 6.07 Å². The van der Waals surface area contributed by atoms with Gasteiger partial charge in [-0.25, -0.2) is 9.07 Å². The fourth-order valence-electron chi connectivity index (χ4n) is 4.77. The van der Waals surface area contributed by atoms with Gasteiger partial charge in [0.2, 0.25) is 6.79 Å². The Morgan fingerprint density at radius 3 is 2.76 bits per heavy atom. The fraction of sp³-hybridized carbons (Fsp3) is 0.423. The van der Waals surface area contributed by atoms with Crippen molar-refractivity contribution >= 4 is 11.5 Å². The van der Waals surface area contributed by atoms with E-state index >= 15 is 0 Å². The smallest absolute Gasteiger partial charge is 0.231 e. The summed E-state index contributed by atoms with van der Waals surface area (Å²) in [7, 11) is 1.89. The van der Waals surface area contributed by atoms with Crippen LogP contribution in [0.5, 0.6) is 11.5 Å². The minimum absolute atomic E-state index is 0.101. The third-order valence-corrected chi connectivity index (χ3v) is 6.86. The van der Waals surface area contributed by atoms with Crippen LogP contribution in [0.2, 0.25) is 0 Å². The predicted molar refractivity (Wildman–Crippen MR) is 132 cm³/mol. The number of rotatable bonds is 9. The molecule has 3 aromatic rings. The van der Waals surface area contributed by atoms with Gasteiger partial charge in [0.1, 0.15) is 42.0 Å². The van der Waals surface area contributed by atoms with Crippen molar-refractivity contribution in [1.29, 1.82) is 0 Å². The Bertz CT molecular complexity index is 1290. The number of hydrogen-bond donors (Lipinski definition) is 3. The molecule has 2 aliphatic heterocycles. The molecular formula is C26H29FN4O7. The highest BCUT2D eigenvalue weighted by Gasteiger charge is 2.48. The summed E-state index contributed by atoms with van der Waals surface area (Å²) in [5.41, 5.74) is 1.69. The van der Waals surface area contributed by atoms with Gasteiger partial charge in [0, 0.05) is 37.3 Å². The van der Waals surface area contributed by atoms with Crippen LogP contribution in [0.3, 0.4) is 0 Å². The number of fused-ring (bicyclic) bond motifs is 1. The normalized spacial score (nSPS) is 24.4. The molecule has 5 atom stereocenters. The largest absolute Gasteiger partial charge is 0.454 e. The van der Waals surface area contributed by atoms with Crippen molar-refractivity contribution in [3.8, 4) is 22.8 Å². The Balaban J connectivity index is 1.25. The SMILES string of the molecule is CN(CCCC(=O)[C@@H]1O[C@H](CO)[C@H](O)[C@H](n2cc(-c3cccc(F)c3)nn2)[C@H]1O)c1ccc2c(c1)OCO2. The Kier molecular flexibility index (Phi) is 7.56. The molecule has 3 heterocycles. The zero-order chi connectivity index (χ0) is 26.8. The number of aliphatic hydroxyl groups is 3. The molecule has 1 saturated heterocycles. The third-order valence-electron chi connectivity index (χ3n) is 6.86. The molecule has 0 amide bonds. The van der Waals surface area contributed by atoms with E-state index in [9.17, 15) is 24.5 Å². The molecule has 0 radical (unpaired) electrons. The van der Waals surface area contributed by atoms with Crippen molar-refractivity contribution in [3.63, 3.8) is 0 Å². The molecule has 2 aliphatic rings. The summed E-state index contributed by atoms with van der Waals surface area (Å²) in [6.07, 6.45) is -3.18. The molecule has 0 bridgehead atoms. The highest BCUT2D eigenvalue weighted by Crippen LogP contribution is 2.35. The molecule has 0 saturated carbocycles. The summed E-state index contributed by atoms with van der Waals surface area (Å²) in [6.45, 7) is 0.169. The van der Waals surface area contributed by atoms with Crippen molar-refractivity contribution in [2.24, 2.45) is 0 Å². The summed E-state index contributed by atoms with van der Waals surface area (Å²) in [5, 5.41) is 39.7. The summed E-state index contributed by atoms with van der Waals surface area (Å²) < 4.78 is 31.2.